The van der Waals surface area contributed by atoms with Crippen LogP contribution < -0.4 is 0 Å². The van der Waals surface area contributed by atoms with Gasteiger partial charge >= 0.3 is 0 Å². The molecule has 0 aliphatic rings. The van der Waals surface area contributed by atoms with Crippen molar-refractivity contribution in [2.75, 3.05) is 0 Å². The van der Waals surface area contributed by atoms with Gasteiger partial charge in [-0.1, -0.05) is 45.9 Å². The standard InChI is InChI=1S/C19H17BrN4OS/c1-3-12-24-18(15-8-10-21-11-9-15)22-23-19(24)26-13(2)17(25)14-4-6-16(20)7-5-14/h3-11,13H,1,12H2,2H3/t13-/m0/s1. The van der Waals surface area contributed by atoms with Gasteiger partial charge in [-0.05, 0) is 31.2 Å². The van der Waals surface area contributed by atoms with Crippen LogP contribution in [0, 0.1) is 0 Å². The summed E-state index contributed by atoms with van der Waals surface area (Å²) in [7, 11) is 0. The van der Waals surface area contributed by atoms with Crippen molar-refractivity contribution in [3.8, 4) is 11.4 Å². The minimum absolute atomic E-state index is 0.0566. The Morgan fingerprint density at radius 2 is 1.92 bits per heavy atom. The van der Waals surface area contributed by atoms with Crippen LogP contribution in [0.2, 0.25) is 0 Å². The average Bonchev–Trinajstić information content (AvgIpc) is 3.05. The third-order valence-electron chi connectivity index (χ3n) is 3.75. The van der Waals surface area contributed by atoms with E-state index in [9.17, 15) is 4.79 Å². The average molecular weight is 429 g/mol. The van der Waals surface area contributed by atoms with Crippen LogP contribution in [0.15, 0.2) is 71.1 Å². The van der Waals surface area contributed by atoms with E-state index in [0.29, 0.717) is 17.3 Å². The molecule has 0 spiro atoms. The van der Waals surface area contributed by atoms with Crippen molar-refractivity contribution >= 4 is 33.5 Å². The van der Waals surface area contributed by atoms with E-state index in [4.69, 9.17) is 0 Å². The lowest BCUT2D eigenvalue weighted by Gasteiger charge is -2.12. The lowest BCUT2D eigenvalue weighted by Crippen LogP contribution is -2.14. The first kappa shape index (κ1) is 18.5. The zero-order valence-electron chi connectivity index (χ0n) is 14.2. The third-order valence-corrected chi connectivity index (χ3v) is 5.36. The number of benzene rings is 1. The molecule has 0 saturated carbocycles. The molecule has 1 aromatic carbocycles. The summed E-state index contributed by atoms with van der Waals surface area (Å²) in [6.07, 6.45) is 5.23. The minimum Gasteiger partial charge on any atom is -0.298 e. The first-order valence-electron chi connectivity index (χ1n) is 8.01. The molecule has 2 aromatic heterocycles. The van der Waals surface area contributed by atoms with Crippen molar-refractivity contribution < 1.29 is 4.79 Å². The highest BCUT2D eigenvalue weighted by Gasteiger charge is 2.21. The van der Waals surface area contributed by atoms with E-state index in [1.54, 1.807) is 18.5 Å². The second-order valence-corrected chi connectivity index (χ2v) is 7.80. The Morgan fingerprint density at radius 3 is 2.58 bits per heavy atom. The number of halogens is 1. The van der Waals surface area contributed by atoms with Gasteiger partial charge in [0.1, 0.15) is 0 Å². The summed E-state index contributed by atoms with van der Waals surface area (Å²) in [5, 5.41) is 9.00. The van der Waals surface area contributed by atoms with Crippen LogP contribution in [-0.4, -0.2) is 30.8 Å². The Hall–Kier alpha value is -2.25. The van der Waals surface area contributed by atoms with Gasteiger partial charge < -0.3 is 0 Å². The summed E-state index contributed by atoms with van der Waals surface area (Å²) in [6, 6.07) is 11.1. The van der Waals surface area contributed by atoms with Gasteiger partial charge in [-0.3, -0.25) is 14.3 Å². The fraction of sp³-hybridized carbons (Fsp3) is 0.158. The number of aromatic nitrogens is 4. The van der Waals surface area contributed by atoms with Crippen molar-refractivity contribution in [2.45, 2.75) is 23.9 Å². The van der Waals surface area contributed by atoms with E-state index in [-0.39, 0.29) is 11.0 Å². The van der Waals surface area contributed by atoms with Gasteiger partial charge in [0, 0.05) is 34.5 Å². The summed E-state index contributed by atoms with van der Waals surface area (Å²) in [5.41, 5.74) is 1.60. The lowest BCUT2D eigenvalue weighted by atomic mass is 10.1. The molecule has 0 amide bonds. The van der Waals surface area contributed by atoms with Gasteiger partial charge in [-0.15, -0.1) is 16.8 Å². The number of ketones is 1. The molecule has 0 aliphatic carbocycles. The van der Waals surface area contributed by atoms with Crippen LogP contribution >= 0.6 is 27.7 Å². The highest BCUT2D eigenvalue weighted by atomic mass is 79.9. The maximum absolute atomic E-state index is 12.7. The topological polar surface area (TPSA) is 60.7 Å². The number of nitrogens with zero attached hydrogens (tertiary/aromatic N) is 4. The van der Waals surface area contributed by atoms with Gasteiger partial charge in [-0.25, -0.2) is 0 Å². The third kappa shape index (κ3) is 4.11. The number of thioether (sulfide) groups is 1. The van der Waals surface area contributed by atoms with Crippen molar-refractivity contribution in [1.29, 1.82) is 0 Å². The molecule has 7 heteroatoms. The van der Waals surface area contributed by atoms with Gasteiger partial charge in [-0.2, -0.15) is 0 Å². The summed E-state index contributed by atoms with van der Waals surface area (Å²) in [6.45, 7) is 6.26. The maximum Gasteiger partial charge on any atom is 0.192 e. The van der Waals surface area contributed by atoms with Crippen molar-refractivity contribution in [3.05, 3.63) is 71.5 Å². The van der Waals surface area contributed by atoms with Gasteiger partial charge in [0.15, 0.2) is 16.8 Å². The second-order valence-electron chi connectivity index (χ2n) is 5.57. The number of pyridine rings is 1. The number of carbonyl (C=O) groups is 1. The van der Waals surface area contributed by atoms with Crippen LogP contribution in [0.1, 0.15) is 17.3 Å². The molecule has 3 rings (SSSR count). The molecule has 1 atom stereocenters. The monoisotopic (exact) mass is 428 g/mol. The molecule has 26 heavy (non-hydrogen) atoms. The first-order valence-corrected chi connectivity index (χ1v) is 9.68. The zero-order valence-corrected chi connectivity index (χ0v) is 16.6. The van der Waals surface area contributed by atoms with E-state index in [0.717, 1.165) is 15.9 Å². The molecule has 0 fully saturated rings. The SMILES string of the molecule is C=CCn1c(S[C@@H](C)C(=O)c2ccc(Br)cc2)nnc1-c1ccncc1. The molecule has 0 aliphatic heterocycles. The highest BCUT2D eigenvalue weighted by molar-refractivity contribution is 9.10. The summed E-state index contributed by atoms with van der Waals surface area (Å²) in [4.78, 5) is 16.7. The molecule has 0 unspecified atom stereocenters. The number of rotatable bonds is 7. The fourth-order valence-electron chi connectivity index (χ4n) is 2.44. The van der Waals surface area contributed by atoms with E-state index in [1.165, 1.54) is 11.8 Å². The van der Waals surface area contributed by atoms with Crippen molar-refractivity contribution in [1.82, 2.24) is 19.7 Å². The van der Waals surface area contributed by atoms with Crippen molar-refractivity contribution in [2.24, 2.45) is 0 Å². The largest absolute Gasteiger partial charge is 0.298 e. The van der Waals surface area contributed by atoms with E-state index in [1.807, 2.05) is 47.9 Å². The number of carbonyl (C=O) groups excluding carboxylic acids is 1. The Balaban J connectivity index is 1.85. The van der Waals surface area contributed by atoms with E-state index < -0.39 is 0 Å². The number of Topliss-reactive ketones (excluding diaryl/α,β-unsaturated/α-hetero) is 1. The van der Waals surface area contributed by atoms with Crippen LogP contribution in [0.5, 0.6) is 0 Å². The van der Waals surface area contributed by atoms with E-state index in [2.05, 4.69) is 37.7 Å². The van der Waals surface area contributed by atoms with Crippen LogP contribution in [-0.2, 0) is 6.54 Å². The summed E-state index contributed by atoms with van der Waals surface area (Å²) in [5.74, 6) is 0.791. The van der Waals surface area contributed by atoms with Gasteiger partial charge in [0.05, 0.1) is 5.25 Å². The Morgan fingerprint density at radius 1 is 1.23 bits per heavy atom. The van der Waals surface area contributed by atoms with E-state index >= 15 is 0 Å². The molecule has 0 N–H and O–H groups in total. The Bertz CT molecular complexity index is 909. The molecule has 132 valence electrons. The number of hydrogen-bond acceptors (Lipinski definition) is 5. The normalized spacial score (nSPS) is 11.9. The molecule has 0 saturated heterocycles. The molecule has 0 radical (unpaired) electrons. The van der Waals surface area contributed by atoms with Crippen LogP contribution in [0.4, 0.5) is 0 Å². The number of hydrogen-bond donors (Lipinski definition) is 0. The molecule has 5 nitrogen and oxygen atoms in total. The quantitative estimate of drug-likeness (QED) is 0.311. The Labute approximate surface area is 164 Å². The van der Waals surface area contributed by atoms with Crippen LogP contribution in [0.25, 0.3) is 11.4 Å². The maximum atomic E-state index is 12.7. The zero-order chi connectivity index (χ0) is 18.5. The van der Waals surface area contributed by atoms with Gasteiger partial charge in [0.25, 0.3) is 0 Å². The van der Waals surface area contributed by atoms with Crippen molar-refractivity contribution in [3.63, 3.8) is 0 Å². The predicted molar refractivity (Wildman–Crippen MR) is 107 cm³/mol. The summed E-state index contributed by atoms with van der Waals surface area (Å²) < 4.78 is 2.90. The van der Waals surface area contributed by atoms with Gasteiger partial charge in [0.2, 0.25) is 0 Å². The lowest BCUT2D eigenvalue weighted by molar-refractivity contribution is 0.0994. The molecule has 2 heterocycles. The molecular formula is C19H17BrN4OS. The summed E-state index contributed by atoms with van der Waals surface area (Å²) >= 11 is 4.78. The number of allylic oxidation sites excluding steroid dienone is 1. The Kier molecular flexibility index (Phi) is 6.00. The molecule has 3 aromatic rings. The first-order chi connectivity index (χ1) is 12.6. The smallest absolute Gasteiger partial charge is 0.192 e. The minimum atomic E-state index is -0.283. The second kappa shape index (κ2) is 8.42. The fourth-order valence-corrected chi connectivity index (χ4v) is 3.64. The molecular weight excluding hydrogens is 412 g/mol. The molecule has 0 bridgehead atoms. The predicted octanol–water partition coefficient (Wildman–Crippen LogP) is 4.65. The highest BCUT2D eigenvalue weighted by Crippen LogP contribution is 2.28. The van der Waals surface area contributed by atoms with Crippen LogP contribution in [0.3, 0.4) is 0 Å².